The van der Waals surface area contributed by atoms with Gasteiger partial charge in [0.1, 0.15) is 0 Å². The monoisotopic (exact) mass is 383 g/mol. The molecule has 0 aliphatic rings. The number of nitrogens with zero attached hydrogens (tertiary/aromatic N) is 4. The van der Waals surface area contributed by atoms with E-state index in [-0.39, 0.29) is 11.7 Å². The second-order valence-corrected chi connectivity index (χ2v) is 7.62. The molecule has 0 aliphatic heterocycles. The fourth-order valence-electron chi connectivity index (χ4n) is 2.93. The summed E-state index contributed by atoms with van der Waals surface area (Å²) < 4.78 is 1.79. The van der Waals surface area contributed by atoms with E-state index in [1.165, 1.54) is 17.3 Å². The van der Waals surface area contributed by atoms with E-state index < -0.39 is 0 Å². The molecule has 7 heteroatoms. The molecule has 0 atom stereocenters. The Bertz CT molecular complexity index is 949. The highest BCUT2D eigenvalue weighted by Gasteiger charge is 2.14. The van der Waals surface area contributed by atoms with Crippen molar-refractivity contribution in [2.24, 2.45) is 0 Å². The Kier molecular flexibility index (Phi) is 6.11. The first-order valence-corrected chi connectivity index (χ1v) is 10.2. The fraction of sp³-hybridized carbons (Fsp3) is 0.400. The van der Waals surface area contributed by atoms with Gasteiger partial charge in [-0.2, -0.15) is 4.98 Å². The number of hydrogen-bond donors (Lipinski definition) is 1. The van der Waals surface area contributed by atoms with Crippen LogP contribution >= 0.6 is 11.8 Å². The molecule has 0 aliphatic carbocycles. The van der Waals surface area contributed by atoms with Crippen LogP contribution in [0.3, 0.4) is 0 Å². The molecule has 1 N–H and O–H groups in total. The maximum absolute atomic E-state index is 12.2. The molecule has 0 bridgehead atoms. The van der Waals surface area contributed by atoms with Crippen molar-refractivity contribution in [3.63, 3.8) is 0 Å². The summed E-state index contributed by atoms with van der Waals surface area (Å²) in [5.74, 6) is 0.768. The Morgan fingerprint density at radius 3 is 2.59 bits per heavy atom. The van der Waals surface area contributed by atoms with Crippen molar-refractivity contribution in [1.29, 1.82) is 0 Å². The number of nitrogens with one attached hydrogen (secondary N) is 1. The predicted molar refractivity (Wildman–Crippen MR) is 109 cm³/mol. The SMILES string of the molecule is CCCCc1c(C)nc2nc(SCC(=O)Nc3ccc(C)cc3)nn2c1C. The van der Waals surface area contributed by atoms with Crippen LogP contribution in [0.25, 0.3) is 5.78 Å². The Morgan fingerprint density at radius 2 is 1.89 bits per heavy atom. The summed E-state index contributed by atoms with van der Waals surface area (Å²) >= 11 is 1.32. The second kappa shape index (κ2) is 8.52. The van der Waals surface area contributed by atoms with Gasteiger partial charge < -0.3 is 5.32 Å². The maximum Gasteiger partial charge on any atom is 0.253 e. The molecule has 0 saturated carbocycles. The lowest BCUT2D eigenvalue weighted by Crippen LogP contribution is -2.14. The number of carbonyl (C=O) groups excluding carboxylic acids is 1. The highest BCUT2D eigenvalue weighted by Crippen LogP contribution is 2.20. The molecule has 3 rings (SSSR count). The fourth-order valence-corrected chi connectivity index (χ4v) is 3.55. The molecule has 1 amide bonds. The first kappa shape index (κ1) is 19.4. The van der Waals surface area contributed by atoms with E-state index in [1.807, 2.05) is 38.1 Å². The first-order valence-electron chi connectivity index (χ1n) is 9.20. The first-order chi connectivity index (χ1) is 13.0. The zero-order chi connectivity index (χ0) is 19.4. The van der Waals surface area contributed by atoms with Crippen molar-refractivity contribution in [1.82, 2.24) is 19.6 Å². The van der Waals surface area contributed by atoms with E-state index in [0.717, 1.165) is 41.9 Å². The van der Waals surface area contributed by atoms with Crippen LogP contribution in [0.15, 0.2) is 29.4 Å². The van der Waals surface area contributed by atoms with E-state index >= 15 is 0 Å². The normalized spacial score (nSPS) is 11.1. The Labute approximate surface area is 163 Å². The van der Waals surface area contributed by atoms with E-state index in [9.17, 15) is 4.79 Å². The van der Waals surface area contributed by atoms with Gasteiger partial charge in [0.2, 0.25) is 11.1 Å². The van der Waals surface area contributed by atoms with Gasteiger partial charge in [0.15, 0.2) is 0 Å². The van der Waals surface area contributed by atoms with Crippen molar-refractivity contribution in [2.45, 2.75) is 52.1 Å². The molecule has 6 nitrogen and oxygen atoms in total. The van der Waals surface area contributed by atoms with Gasteiger partial charge in [0, 0.05) is 17.1 Å². The molecular weight excluding hydrogens is 358 g/mol. The minimum atomic E-state index is -0.0767. The van der Waals surface area contributed by atoms with Gasteiger partial charge in [-0.3, -0.25) is 4.79 Å². The van der Waals surface area contributed by atoms with Crippen LogP contribution in [-0.4, -0.2) is 31.2 Å². The minimum Gasteiger partial charge on any atom is -0.325 e. The molecule has 2 aromatic heterocycles. The molecule has 3 aromatic rings. The molecule has 0 saturated heterocycles. The zero-order valence-electron chi connectivity index (χ0n) is 16.2. The summed E-state index contributed by atoms with van der Waals surface area (Å²) in [6.45, 7) is 8.28. The Balaban J connectivity index is 1.69. The van der Waals surface area contributed by atoms with E-state index in [1.54, 1.807) is 4.52 Å². The summed E-state index contributed by atoms with van der Waals surface area (Å²) in [4.78, 5) is 21.2. The molecule has 27 heavy (non-hydrogen) atoms. The van der Waals surface area contributed by atoms with Crippen molar-refractivity contribution in [2.75, 3.05) is 11.1 Å². The van der Waals surface area contributed by atoms with E-state index in [0.29, 0.717) is 10.9 Å². The number of fused-ring (bicyclic) bond motifs is 1. The number of benzene rings is 1. The van der Waals surface area contributed by atoms with E-state index in [2.05, 4.69) is 34.2 Å². The third-order valence-electron chi connectivity index (χ3n) is 4.48. The van der Waals surface area contributed by atoms with Crippen LogP contribution in [0, 0.1) is 20.8 Å². The van der Waals surface area contributed by atoms with Gasteiger partial charge in [0.05, 0.1) is 5.75 Å². The lowest BCUT2D eigenvalue weighted by molar-refractivity contribution is -0.113. The van der Waals surface area contributed by atoms with Crippen molar-refractivity contribution in [3.05, 3.63) is 46.8 Å². The lowest BCUT2D eigenvalue weighted by atomic mass is 10.1. The van der Waals surface area contributed by atoms with Gasteiger partial charge in [-0.25, -0.2) is 9.50 Å². The number of amides is 1. The van der Waals surface area contributed by atoms with Gasteiger partial charge >= 0.3 is 0 Å². The lowest BCUT2D eigenvalue weighted by Gasteiger charge is -2.09. The number of hydrogen-bond acceptors (Lipinski definition) is 5. The average molecular weight is 384 g/mol. The number of carbonyl (C=O) groups is 1. The number of aryl methyl sites for hydroxylation is 3. The number of aromatic nitrogens is 4. The molecule has 0 spiro atoms. The number of unbranched alkanes of at least 4 members (excludes halogenated alkanes) is 1. The van der Waals surface area contributed by atoms with Gasteiger partial charge in [-0.05, 0) is 51.3 Å². The van der Waals surface area contributed by atoms with Crippen molar-refractivity contribution < 1.29 is 4.79 Å². The summed E-state index contributed by atoms with van der Waals surface area (Å²) in [7, 11) is 0. The maximum atomic E-state index is 12.2. The number of rotatable bonds is 7. The number of anilines is 1. The molecule has 0 radical (unpaired) electrons. The van der Waals surface area contributed by atoms with Crippen LogP contribution < -0.4 is 5.32 Å². The van der Waals surface area contributed by atoms with Gasteiger partial charge in [-0.1, -0.05) is 42.8 Å². The van der Waals surface area contributed by atoms with Crippen LogP contribution in [0.2, 0.25) is 0 Å². The second-order valence-electron chi connectivity index (χ2n) is 6.67. The molecule has 1 aromatic carbocycles. The summed E-state index contributed by atoms with van der Waals surface area (Å²) in [5.41, 5.74) is 5.28. The van der Waals surface area contributed by atoms with Gasteiger partial charge in [-0.15, -0.1) is 5.10 Å². The molecule has 0 unspecified atom stereocenters. The van der Waals surface area contributed by atoms with Crippen LogP contribution in [0.5, 0.6) is 0 Å². The Hall–Kier alpha value is -2.41. The number of thioether (sulfide) groups is 1. The molecule has 2 heterocycles. The van der Waals surface area contributed by atoms with Crippen LogP contribution in [0.4, 0.5) is 5.69 Å². The summed E-state index contributed by atoms with van der Waals surface area (Å²) in [5, 5.41) is 7.99. The summed E-state index contributed by atoms with van der Waals surface area (Å²) in [6, 6.07) is 7.74. The van der Waals surface area contributed by atoms with Crippen molar-refractivity contribution >= 4 is 29.1 Å². The molecular formula is C20H25N5OS. The van der Waals surface area contributed by atoms with Crippen LogP contribution in [-0.2, 0) is 11.2 Å². The van der Waals surface area contributed by atoms with E-state index in [4.69, 9.17) is 0 Å². The quantitative estimate of drug-likeness (QED) is 0.621. The van der Waals surface area contributed by atoms with Crippen molar-refractivity contribution in [3.8, 4) is 0 Å². The largest absolute Gasteiger partial charge is 0.325 e. The standard InChI is InChI=1S/C20H25N5OS/c1-5-6-7-17-14(3)21-19-23-20(24-25(19)15(17)4)27-12-18(26)22-16-10-8-13(2)9-11-16/h8-11H,5-7,12H2,1-4H3,(H,22,26). The van der Waals surface area contributed by atoms with Crippen LogP contribution in [0.1, 0.15) is 42.3 Å². The average Bonchev–Trinajstić information content (AvgIpc) is 3.05. The topological polar surface area (TPSA) is 72.2 Å². The molecule has 142 valence electrons. The smallest absolute Gasteiger partial charge is 0.253 e. The Morgan fingerprint density at radius 1 is 1.15 bits per heavy atom. The predicted octanol–water partition coefficient (Wildman–Crippen LogP) is 4.12. The third-order valence-corrected chi connectivity index (χ3v) is 5.32. The minimum absolute atomic E-state index is 0.0767. The third kappa shape index (κ3) is 4.66. The molecule has 0 fully saturated rings. The van der Waals surface area contributed by atoms with Gasteiger partial charge in [0.25, 0.3) is 5.78 Å². The highest BCUT2D eigenvalue weighted by molar-refractivity contribution is 7.99. The summed E-state index contributed by atoms with van der Waals surface area (Å²) in [6.07, 6.45) is 3.27. The zero-order valence-corrected chi connectivity index (χ0v) is 17.1. The highest BCUT2D eigenvalue weighted by atomic mass is 32.2.